The topological polar surface area (TPSA) is 98.0 Å². The molecule has 0 spiro atoms. The van der Waals surface area contributed by atoms with Crippen LogP contribution in [0.2, 0.25) is 0 Å². The summed E-state index contributed by atoms with van der Waals surface area (Å²) in [6.07, 6.45) is 0. The Morgan fingerprint density at radius 3 is 2.71 bits per heavy atom. The summed E-state index contributed by atoms with van der Waals surface area (Å²) in [6, 6.07) is 7.70. The normalized spacial score (nSPS) is 12.2. The molecular weight excluding hydrogens is 278 g/mol. The highest BCUT2D eigenvalue weighted by Crippen LogP contribution is 2.32. The lowest BCUT2D eigenvalue weighted by Crippen LogP contribution is -2.22. The fraction of sp³-hybridized carbons (Fsp3) is 0.143. The third-order valence-corrected chi connectivity index (χ3v) is 2.93. The largest absolute Gasteiger partial charge is 0.475 e. The molecule has 108 valence electrons. The number of ether oxygens (including phenoxy) is 2. The lowest BCUT2D eigenvalue weighted by atomic mass is 10.2. The Balaban J connectivity index is 1.64. The number of furan rings is 1. The number of nitrogens with one attached hydrogen (secondary N) is 1. The minimum Gasteiger partial charge on any atom is -0.475 e. The van der Waals surface area contributed by atoms with E-state index in [1.165, 1.54) is 12.1 Å². The average molecular weight is 289 g/mol. The van der Waals surface area contributed by atoms with Crippen LogP contribution in [0.3, 0.4) is 0 Å². The maximum atomic E-state index is 12.0. The van der Waals surface area contributed by atoms with Crippen LogP contribution in [0.4, 0.5) is 0 Å². The molecular formula is C14H11NO6. The molecule has 0 bridgehead atoms. The third kappa shape index (κ3) is 2.66. The van der Waals surface area contributed by atoms with Crippen molar-refractivity contribution >= 4 is 11.9 Å². The number of fused-ring (bicyclic) bond motifs is 1. The fourth-order valence-electron chi connectivity index (χ4n) is 1.90. The maximum Gasteiger partial charge on any atom is 0.371 e. The van der Waals surface area contributed by atoms with Crippen LogP contribution in [0, 0.1) is 0 Å². The predicted octanol–water partition coefficient (Wildman–Crippen LogP) is 1.64. The Kier molecular flexibility index (Phi) is 3.23. The molecule has 2 heterocycles. The second-order valence-electron chi connectivity index (χ2n) is 4.32. The summed E-state index contributed by atoms with van der Waals surface area (Å²) in [5.74, 6) is -0.147. The van der Waals surface area contributed by atoms with E-state index >= 15 is 0 Å². The van der Waals surface area contributed by atoms with Gasteiger partial charge < -0.3 is 24.3 Å². The van der Waals surface area contributed by atoms with E-state index in [4.69, 9.17) is 19.0 Å². The Labute approximate surface area is 119 Å². The van der Waals surface area contributed by atoms with Gasteiger partial charge in [-0.05, 0) is 30.3 Å². The minimum absolute atomic E-state index is 0.0978. The molecule has 7 nitrogen and oxygen atoms in total. The van der Waals surface area contributed by atoms with Crippen molar-refractivity contribution in [3.8, 4) is 11.5 Å². The van der Waals surface area contributed by atoms with Crippen LogP contribution in [0.15, 0.2) is 34.7 Å². The Morgan fingerprint density at radius 2 is 1.95 bits per heavy atom. The van der Waals surface area contributed by atoms with Gasteiger partial charge in [0.2, 0.25) is 12.6 Å². The lowest BCUT2D eigenvalue weighted by molar-refractivity contribution is 0.0660. The summed E-state index contributed by atoms with van der Waals surface area (Å²) in [7, 11) is 0. The molecule has 0 atom stereocenters. The van der Waals surface area contributed by atoms with Gasteiger partial charge in [0.1, 0.15) is 5.76 Å². The van der Waals surface area contributed by atoms with Crippen molar-refractivity contribution < 1.29 is 28.6 Å². The van der Waals surface area contributed by atoms with Gasteiger partial charge in [0.15, 0.2) is 11.5 Å². The van der Waals surface area contributed by atoms with Gasteiger partial charge >= 0.3 is 5.97 Å². The van der Waals surface area contributed by atoms with Crippen molar-refractivity contribution in [3.05, 3.63) is 47.4 Å². The van der Waals surface area contributed by atoms with E-state index in [9.17, 15) is 9.59 Å². The maximum absolute atomic E-state index is 12.0. The van der Waals surface area contributed by atoms with Crippen LogP contribution >= 0.6 is 0 Å². The van der Waals surface area contributed by atoms with E-state index in [0.717, 1.165) is 0 Å². The summed E-state index contributed by atoms with van der Waals surface area (Å²) in [5.41, 5.74) is 0.421. The van der Waals surface area contributed by atoms with Gasteiger partial charge in [-0.3, -0.25) is 4.79 Å². The van der Waals surface area contributed by atoms with E-state index in [1.807, 2.05) is 0 Å². The number of carboxylic acid groups (broad SMARTS) is 1. The zero-order valence-corrected chi connectivity index (χ0v) is 10.8. The summed E-state index contributed by atoms with van der Waals surface area (Å²) < 4.78 is 15.4. The molecule has 21 heavy (non-hydrogen) atoms. The van der Waals surface area contributed by atoms with Crippen LogP contribution in [-0.2, 0) is 6.54 Å². The Morgan fingerprint density at radius 1 is 1.14 bits per heavy atom. The first kappa shape index (κ1) is 13.0. The van der Waals surface area contributed by atoms with Crippen molar-refractivity contribution in [3.63, 3.8) is 0 Å². The number of rotatable bonds is 4. The second-order valence-corrected chi connectivity index (χ2v) is 4.32. The summed E-state index contributed by atoms with van der Waals surface area (Å²) in [5, 5.41) is 11.4. The fourth-order valence-corrected chi connectivity index (χ4v) is 1.90. The molecule has 1 aliphatic rings. The SMILES string of the molecule is O=C(NCc1ccc(C(=O)O)o1)c1ccc2c(c1)OCO2. The van der Waals surface area contributed by atoms with Crippen molar-refractivity contribution in [1.29, 1.82) is 0 Å². The highest BCUT2D eigenvalue weighted by molar-refractivity contribution is 5.94. The molecule has 2 aromatic rings. The Bertz CT molecular complexity index is 705. The standard InChI is InChI=1S/C14H11NO6/c16-13(8-1-3-10-12(5-8)20-7-19-10)15-6-9-2-4-11(21-9)14(17)18/h1-5H,6-7H2,(H,15,16)(H,17,18). The lowest BCUT2D eigenvalue weighted by Gasteiger charge is -2.04. The van der Waals surface area contributed by atoms with Crippen LogP contribution in [0.25, 0.3) is 0 Å². The molecule has 1 aliphatic heterocycles. The number of carboxylic acids is 1. The van der Waals surface area contributed by atoms with E-state index in [-0.39, 0.29) is 25.0 Å². The first-order valence-corrected chi connectivity index (χ1v) is 6.13. The van der Waals surface area contributed by atoms with Crippen molar-refractivity contribution in [2.75, 3.05) is 6.79 Å². The smallest absolute Gasteiger partial charge is 0.371 e. The molecule has 0 fully saturated rings. The molecule has 1 aromatic heterocycles. The molecule has 1 amide bonds. The molecule has 3 rings (SSSR count). The van der Waals surface area contributed by atoms with Crippen molar-refractivity contribution in [1.82, 2.24) is 5.32 Å². The van der Waals surface area contributed by atoms with Crippen molar-refractivity contribution in [2.24, 2.45) is 0 Å². The zero-order valence-electron chi connectivity index (χ0n) is 10.8. The zero-order chi connectivity index (χ0) is 14.8. The van der Waals surface area contributed by atoms with Crippen LogP contribution in [0.1, 0.15) is 26.7 Å². The van der Waals surface area contributed by atoms with Crippen LogP contribution in [0.5, 0.6) is 11.5 Å². The summed E-state index contributed by atoms with van der Waals surface area (Å²) in [6.45, 7) is 0.241. The highest BCUT2D eigenvalue weighted by atomic mass is 16.7. The quantitative estimate of drug-likeness (QED) is 0.887. The molecule has 0 radical (unpaired) electrons. The summed E-state index contributed by atoms with van der Waals surface area (Å²) >= 11 is 0. The van der Waals surface area contributed by atoms with E-state index in [1.54, 1.807) is 18.2 Å². The molecule has 1 aromatic carbocycles. The number of hydrogen-bond acceptors (Lipinski definition) is 5. The van der Waals surface area contributed by atoms with Gasteiger partial charge in [-0.15, -0.1) is 0 Å². The number of aromatic carboxylic acids is 1. The number of amides is 1. The first-order chi connectivity index (χ1) is 10.1. The number of carbonyl (C=O) groups is 2. The van der Waals surface area contributed by atoms with E-state index in [2.05, 4.69) is 5.32 Å². The van der Waals surface area contributed by atoms with Gasteiger partial charge in [0.25, 0.3) is 5.91 Å². The minimum atomic E-state index is -1.15. The average Bonchev–Trinajstić information content (AvgIpc) is 3.12. The van der Waals surface area contributed by atoms with Gasteiger partial charge in [0, 0.05) is 5.56 Å². The molecule has 0 aliphatic carbocycles. The van der Waals surface area contributed by atoms with Crippen molar-refractivity contribution in [2.45, 2.75) is 6.54 Å². The van der Waals surface area contributed by atoms with Gasteiger partial charge in [-0.1, -0.05) is 0 Å². The molecule has 2 N–H and O–H groups in total. The number of benzene rings is 1. The highest BCUT2D eigenvalue weighted by Gasteiger charge is 2.16. The van der Waals surface area contributed by atoms with Gasteiger partial charge in [-0.25, -0.2) is 4.79 Å². The van der Waals surface area contributed by atoms with E-state index in [0.29, 0.717) is 22.8 Å². The summed E-state index contributed by atoms with van der Waals surface area (Å²) in [4.78, 5) is 22.7. The predicted molar refractivity (Wildman–Crippen MR) is 69.4 cm³/mol. The molecule has 0 unspecified atom stereocenters. The number of hydrogen-bond donors (Lipinski definition) is 2. The monoisotopic (exact) mass is 289 g/mol. The van der Waals surface area contributed by atoms with E-state index < -0.39 is 5.97 Å². The second kappa shape index (κ2) is 5.20. The van der Waals surface area contributed by atoms with Gasteiger partial charge in [-0.2, -0.15) is 0 Å². The molecule has 7 heteroatoms. The number of carbonyl (C=O) groups excluding carboxylic acids is 1. The molecule has 0 saturated carbocycles. The Hall–Kier alpha value is -2.96. The third-order valence-electron chi connectivity index (χ3n) is 2.93. The first-order valence-electron chi connectivity index (χ1n) is 6.13. The van der Waals surface area contributed by atoms with Gasteiger partial charge in [0.05, 0.1) is 6.54 Å². The molecule has 0 saturated heterocycles. The van der Waals surface area contributed by atoms with Crippen LogP contribution in [-0.4, -0.2) is 23.8 Å². The van der Waals surface area contributed by atoms with Crippen LogP contribution < -0.4 is 14.8 Å².